The fourth-order valence-corrected chi connectivity index (χ4v) is 2.52. The highest BCUT2D eigenvalue weighted by Crippen LogP contribution is 2.20. The molecule has 138 valence electrons. The highest BCUT2D eigenvalue weighted by atomic mass is 16.6. The Labute approximate surface area is 137 Å². The molecular weight excluding hydrogens is 304 g/mol. The summed E-state index contributed by atoms with van der Waals surface area (Å²) in [5.74, 6) is -1.04. The number of carbonyl (C=O) groups is 1. The number of rotatable bonds is 8. The molecule has 0 aliphatic carbocycles. The molecule has 0 amide bonds. The number of aliphatic hydroxyl groups is 4. The van der Waals surface area contributed by atoms with Crippen molar-refractivity contribution in [3.63, 3.8) is 0 Å². The Bertz CT molecular complexity index is 301. The number of aliphatic hydroxyl groups excluding tert-OH is 4. The highest BCUT2D eigenvalue weighted by Gasteiger charge is 2.25. The maximum atomic E-state index is 10.1. The summed E-state index contributed by atoms with van der Waals surface area (Å²) < 4.78 is 5.19. The molecule has 3 unspecified atom stereocenters. The van der Waals surface area contributed by atoms with Gasteiger partial charge < -0.3 is 30.3 Å². The molecule has 1 fully saturated rings. The molecule has 5 atom stereocenters. The zero-order chi connectivity index (χ0) is 17.8. The Hall–Kier alpha value is -0.730. The molecule has 5 N–H and O–H groups in total. The number of carboxylic acids is 1. The van der Waals surface area contributed by atoms with E-state index in [4.69, 9.17) is 20.1 Å². The van der Waals surface area contributed by atoms with Crippen molar-refractivity contribution in [3.05, 3.63) is 0 Å². The lowest BCUT2D eigenvalue weighted by Crippen LogP contribution is -2.35. The minimum atomic E-state index is -1.04. The molecule has 0 aromatic carbocycles. The fourth-order valence-electron chi connectivity index (χ4n) is 2.52. The lowest BCUT2D eigenvalue weighted by Gasteiger charge is -2.29. The number of hydrogen-bond donors (Lipinski definition) is 5. The van der Waals surface area contributed by atoms with Crippen molar-refractivity contribution in [1.82, 2.24) is 0 Å². The molecular formula is C16H32O7. The van der Waals surface area contributed by atoms with Gasteiger partial charge in [0, 0.05) is 6.42 Å². The fraction of sp³-hybridized carbons (Fsp3) is 0.938. The van der Waals surface area contributed by atoms with Crippen LogP contribution in [0, 0.1) is 0 Å². The van der Waals surface area contributed by atoms with Crippen LogP contribution in [0.3, 0.4) is 0 Å². The molecule has 7 nitrogen and oxygen atoms in total. The number of aliphatic carboxylic acids is 1. The second-order valence-electron chi connectivity index (χ2n) is 6.06. The van der Waals surface area contributed by atoms with E-state index in [0.717, 1.165) is 19.3 Å². The summed E-state index contributed by atoms with van der Waals surface area (Å²) >= 11 is 0. The van der Waals surface area contributed by atoms with Crippen molar-refractivity contribution in [2.45, 2.75) is 95.9 Å². The Morgan fingerprint density at radius 1 is 1.13 bits per heavy atom. The van der Waals surface area contributed by atoms with Crippen molar-refractivity contribution >= 4 is 5.97 Å². The number of hydrogen-bond acceptors (Lipinski definition) is 6. The first-order valence-corrected chi connectivity index (χ1v) is 8.37. The predicted octanol–water partition coefficient (Wildman–Crippen LogP) is 1.02. The molecule has 1 aliphatic rings. The molecule has 1 heterocycles. The lowest BCUT2D eigenvalue weighted by atomic mass is 10.0. The number of ether oxygens (including phenoxy) is 1. The first-order chi connectivity index (χ1) is 10.8. The van der Waals surface area contributed by atoms with E-state index in [9.17, 15) is 15.0 Å². The van der Waals surface area contributed by atoms with Crippen LogP contribution in [0.5, 0.6) is 0 Å². The first-order valence-electron chi connectivity index (χ1n) is 8.37. The minimum absolute atomic E-state index is 0.0544. The average molecular weight is 336 g/mol. The lowest BCUT2D eigenvalue weighted by molar-refractivity contribution is -0.190. The van der Waals surface area contributed by atoms with Crippen molar-refractivity contribution in [1.29, 1.82) is 0 Å². The van der Waals surface area contributed by atoms with Crippen LogP contribution in [0.25, 0.3) is 0 Å². The molecule has 0 saturated carbocycles. The van der Waals surface area contributed by atoms with Crippen LogP contribution >= 0.6 is 0 Å². The van der Waals surface area contributed by atoms with Crippen molar-refractivity contribution in [2.75, 3.05) is 0 Å². The maximum Gasteiger partial charge on any atom is 0.305 e. The molecule has 0 aromatic rings. The van der Waals surface area contributed by atoms with Gasteiger partial charge in [0.2, 0.25) is 0 Å². The van der Waals surface area contributed by atoms with Gasteiger partial charge in [0.15, 0.2) is 6.29 Å². The summed E-state index contributed by atoms with van der Waals surface area (Å²) in [5.41, 5.74) is 0. The van der Waals surface area contributed by atoms with Crippen molar-refractivity contribution in [2.24, 2.45) is 0 Å². The summed E-state index contributed by atoms with van der Waals surface area (Å²) in [5, 5.41) is 44.9. The predicted molar refractivity (Wildman–Crippen MR) is 84.8 cm³/mol. The van der Waals surface area contributed by atoms with Gasteiger partial charge >= 0.3 is 5.97 Å². The van der Waals surface area contributed by atoms with Gasteiger partial charge in [-0.1, -0.05) is 26.7 Å². The molecule has 0 aromatic heterocycles. The van der Waals surface area contributed by atoms with E-state index in [1.165, 1.54) is 0 Å². The van der Waals surface area contributed by atoms with Gasteiger partial charge in [-0.05, 0) is 25.7 Å². The molecule has 1 aliphatic heterocycles. The van der Waals surface area contributed by atoms with Crippen molar-refractivity contribution in [3.8, 4) is 0 Å². The second kappa shape index (κ2) is 12.7. The molecule has 0 bridgehead atoms. The van der Waals surface area contributed by atoms with Gasteiger partial charge in [-0.2, -0.15) is 0 Å². The third-order valence-electron chi connectivity index (χ3n) is 3.55. The maximum absolute atomic E-state index is 10.1. The van der Waals surface area contributed by atoms with Crippen LogP contribution in [0.1, 0.15) is 65.2 Å². The van der Waals surface area contributed by atoms with Crippen LogP contribution in [-0.2, 0) is 9.53 Å². The van der Waals surface area contributed by atoms with Crippen LogP contribution in [0.15, 0.2) is 0 Å². The smallest absolute Gasteiger partial charge is 0.305 e. The normalized spacial score (nSPS) is 26.8. The standard InChI is InChI=1S/C8H16O4.C8H16O3/c1-2-3-6(9)4-7(10)5-8(11)12;1-2-3-7-4-6(9)5-8(10)11-7/h6-7,9-10H,2-5H2,1H3,(H,11,12);6-10H,2-5H2,1H3/t6?,7-;6-,7?,8?/m11/s1. The monoisotopic (exact) mass is 336 g/mol. The van der Waals surface area contributed by atoms with Crippen LogP contribution < -0.4 is 0 Å². The van der Waals surface area contributed by atoms with Gasteiger partial charge in [0.25, 0.3) is 0 Å². The largest absolute Gasteiger partial charge is 0.481 e. The molecule has 23 heavy (non-hydrogen) atoms. The molecule has 0 radical (unpaired) electrons. The van der Waals surface area contributed by atoms with Gasteiger partial charge in [-0.15, -0.1) is 0 Å². The Kier molecular flexibility index (Phi) is 12.3. The summed E-state index contributed by atoms with van der Waals surface area (Å²) in [4.78, 5) is 10.1. The van der Waals surface area contributed by atoms with E-state index in [-0.39, 0.29) is 25.0 Å². The summed E-state index contributed by atoms with van der Waals surface area (Å²) in [6.07, 6.45) is 1.71. The van der Waals surface area contributed by atoms with Gasteiger partial charge in [0.05, 0.1) is 30.8 Å². The number of carboxylic acid groups (broad SMARTS) is 1. The zero-order valence-electron chi connectivity index (χ0n) is 14.1. The van der Waals surface area contributed by atoms with E-state index in [2.05, 4.69) is 6.92 Å². The van der Waals surface area contributed by atoms with Crippen LogP contribution in [0.4, 0.5) is 0 Å². The second-order valence-corrected chi connectivity index (χ2v) is 6.06. The first kappa shape index (κ1) is 22.3. The van der Waals surface area contributed by atoms with Gasteiger partial charge in [-0.25, -0.2) is 0 Å². The highest BCUT2D eigenvalue weighted by molar-refractivity contribution is 5.67. The third kappa shape index (κ3) is 12.4. The van der Waals surface area contributed by atoms with E-state index in [1.54, 1.807) is 0 Å². The molecule has 0 spiro atoms. The molecule has 1 saturated heterocycles. The van der Waals surface area contributed by atoms with E-state index >= 15 is 0 Å². The van der Waals surface area contributed by atoms with E-state index in [1.807, 2.05) is 6.92 Å². The third-order valence-corrected chi connectivity index (χ3v) is 3.55. The summed E-state index contributed by atoms with van der Waals surface area (Å²) in [6, 6.07) is 0. The van der Waals surface area contributed by atoms with E-state index in [0.29, 0.717) is 19.3 Å². The zero-order valence-corrected chi connectivity index (χ0v) is 14.1. The van der Waals surface area contributed by atoms with E-state index < -0.39 is 24.5 Å². The van der Waals surface area contributed by atoms with Gasteiger partial charge in [0.1, 0.15) is 0 Å². The quantitative estimate of drug-likeness (QED) is 0.448. The molecule has 7 heteroatoms. The Morgan fingerprint density at radius 3 is 2.26 bits per heavy atom. The molecule has 1 rings (SSSR count). The Morgan fingerprint density at radius 2 is 1.78 bits per heavy atom. The summed E-state index contributed by atoms with van der Waals surface area (Å²) in [7, 11) is 0. The van der Waals surface area contributed by atoms with Crippen LogP contribution in [0.2, 0.25) is 0 Å². The SMILES string of the molecule is CCCC(O)C[C@@H](O)CC(=O)O.CCCC1C[C@@H](O)CC(O)O1. The average Bonchev–Trinajstić information content (AvgIpc) is 2.37. The summed E-state index contributed by atoms with van der Waals surface area (Å²) in [6.45, 7) is 3.99. The van der Waals surface area contributed by atoms with Gasteiger partial charge in [-0.3, -0.25) is 4.79 Å². The Balaban J connectivity index is 0.000000422. The topological polar surface area (TPSA) is 127 Å². The van der Waals surface area contributed by atoms with Crippen molar-refractivity contribution < 1.29 is 35.1 Å². The van der Waals surface area contributed by atoms with Crippen LogP contribution in [-0.4, -0.2) is 62.2 Å². The minimum Gasteiger partial charge on any atom is -0.481 e.